The number of benzene rings is 2. The molecule has 8 heteroatoms. The minimum absolute atomic E-state index is 0.00418. The minimum atomic E-state index is 0.00418. The van der Waals surface area contributed by atoms with E-state index in [1.807, 2.05) is 55.1 Å². The maximum Gasteiger partial charge on any atom is 0.225 e. The maximum atomic E-state index is 12.4. The Morgan fingerprint density at radius 2 is 1.78 bits per heavy atom. The third-order valence-corrected chi connectivity index (χ3v) is 6.16. The number of piperazine rings is 1. The van der Waals surface area contributed by atoms with Crippen LogP contribution in [0, 0.1) is 5.92 Å². The van der Waals surface area contributed by atoms with Gasteiger partial charge in [0.25, 0.3) is 0 Å². The summed E-state index contributed by atoms with van der Waals surface area (Å²) in [7, 11) is 0. The molecule has 4 aromatic rings. The van der Waals surface area contributed by atoms with Crippen molar-refractivity contribution in [2.24, 2.45) is 5.92 Å². The summed E-state index contributed by atoms with van der Waals surface area (Å²) in [5, 5.41) is 10.6. The van der Waals surface area contributed by atoms with Crippen molar-refractivity contribution in [3.8, 4) is 0 Å². The molecule has 1 amide bonds. The van der Waals surface area contributed by atoms with Crippen molar-refractivity contribution in [1.82, 2.24) is 24.5 Å². The van der Waals surface area contributed by atoms with Crippen molar-refractivity contribution in [2.45, 2.75) is 20.3 Å². The predicted octanol–water partition coefficient (Wildman–Crippen LogP) is 3.83. The first-order valence-electron chi connectivity index (χ1n) is 10.9. The summed E-state index contributed by atoms with van der Waals surface area (Å²) in [5.74, 6) is 1.83. The van der Waals surface area contributed by atoms with Crippen molar-refractivity contribution in [2.75, 3.05) is 31.1 Å². The van der Waals surface area contributed by atoms with Gasteiger partial charge in [-0.05, 0) is 23.8 Å². The number of hydrogen-bond donors (Lipinski definition) is 0. The largest absolute Gasteiger partial charge is 0.339 e. The lowest BCUT2D eigenvalue weighted by Gasteiger charge is -2.36. The number of hydrogen-bond acceptors (Lipinski definition) is 5. The standard InChI is InChI=1S/C24H25ClN6O/c1-16(2)23(32)29-10-12-30(13-11-29)24-26-20-15-18(25)8-9-19(20)22-28-27-21(31(22)24)14-17-6-4-3-5-7-17/h3-9,15-16H,10-14H2,1-2H3. The Balaban J connectivity index is 1.58. The molecule has 5 rings (SSSR count). The van der Waals surface area contributed by atoms with Crippen LogP contribution in [0.15, 0.2) is 48.5 Å². The highest BCUT2D eigenvalue weighted by Crippen LogP contribution is 2.28. The van der Waals surface area contributed by atoms with Crippen molar-refractivity contribution >= 4 is 40.0 Å². The summed E-state index contributed by atoms with van der Waals surface area (Å²) in [4.78, 5) is 21.6. The summed E-state index contributed by atoms with van der Waals surface area (Å²) in [6.45, 7) is 6.64. The van der Waals surface area contributed by atoms with Gasteiger partial charge in [0, 0.05) is 48.9 Å². The average Bonchev–Trinajstić information content (AvgIpc) is 3.22. The highest BCUT2D eigenvalue weighted by Gasteiger charge is 2.26. The fraction of sp³-hybridized carbons (Fsp3) is 0.333. The summed E-state index contributed by atoms with van der Waals surface area (Å²) < 4.78 is 2.06. The Kier molecular flexibility index (Phi) is 5.43. The van der Waals surface area contributed by atoms with Gasteiger partial charge in [-0.15, -0.1) is 10.2 Å². The van der Waals surface area contributed by atoms with Gasteiger partial charge in [-0.25, -0.2) is 9.38 Å². The molecular formula is C24H25ClN6O. The van der Waals surface area contributed by atoms with Crippen LogP contribution in [0.25, 0.3) is 16.6 Å². The second kappa shape index (κ2) is 8.39. The average molecular weight is 449 g/mol. The third kappa shape index (κ3) is 3.77. The minimum Gasteiger partial charge on any atom is -0.339 e. The maximum absolute atomic E-state index is 12.4. The Morgan fingerprint density at radius 1 is 1.03 bits per heavy atom. The molecule has 0 bridgehead atoms. The van der Waals surface area contributed by atoms with Gasteiger partial charge < -0.3 is 9.80 Å². The Bertz CT molecular complexity index is 1280. The topological polar surface area (TPSA) is 66.6 Å². The lowest BCUT2D eigenvalue weighted by molar-refractivity contribution is -0.134. The van der Waals surface area contributed by atoms with Crippen molar-refractivity contribution in [3.05, 3.63) is 64.9 Å². The summed E-state index contributed by atoms with van der Waals surface area (Å²) in [6, 6.07) is 15.9. The van der Waals surface area contributed by atoms with Gasteiger partial charge in [-0.3, -0.25) is 4.79 Å². The Labute approximate surface area is 191 Å². The van der Waals surface area contributed by atoms with E-state index in [0.29, 0.717) is 37.6 Å². The molecule has 2 aromatic heterocycles. The van der Waals surface area contributed by atoms with Crippen molar-refractivity contribution in [3.63, 3.8) is 0 Å². The van der Waals surface area contributed by atoms with Crippen LogP contribution in [-0.2, 0) is 11.2 Å². The quantitative estimate of drug-likeness (QED) is 0.474. The van der Waals surface area contributed by atoms with Crippen LogP contribution >= 0.6 is 11.6 Å². The predicted molar refractivity (Wildman–Crippen MR) is 126 cm³/mol. The van der Waals surface area contributed by atoms with Gasteiger partial charge >= 0.3 is 0 Å². The van der Waals surface area contributed by atoms with Crippen LogP contribution < -0.4 is 4.90 Å². The first-order valence-corrected chi connectivity index (χ1v) is 11.3. The SMILES string of the molecule is CC(C)C(=O)N1CCN(c2nc3cc(Cl)ccc3c3nnc(Cc4ccccc4)n23)CC1. The molecule has 0 unspecified atom stereocenters. The highest BCUT2D eigenvalue weighted by molar-refractivity contribution is 6.31. The Morgan fingerprint density at radius 3 is 2.50 bits per heavy atom. The number of carbonyl (C=O) groups is 1. The molecule has 1 aliphatic rings. The van der Waals surface area contributed by atoms with Crippen LogP contribution in [0.4, 0.5) is 5.95 Å². The lowest BCUT2D eigenvalue weighted by Crippen LogP contribution is -2.50. The van der Waals surface area contributed by atoms with E-state index in [1.165, 1.54) is 0 Å². The number of anilines is 1. The van der Waals surface area contributed by atoms with Gasteiger partial charge in [0.05, 0.1) is 5.52 Å². The molecule has 1 fully saturated rings. The van der Waals surface area contributed by atoms with E-state index < -0.39 is 0 Å². The van der Waals surface area contributed by atoms with Gasteiger partial charge in [-0.2, -0.15) is 0 Å². The van der Waals surface area contributed by atoms with Crippen LogP contribution in [-0.4, -0.2) is 56.6 Å². The first kappa shape index (κ1) is 20.7. The molecule has 0 aliphatic carbocycles. The number of rotatable bonds is 4. The van der Waals surface area contributed by atoms with E-state index in [1.54, 1.807) is 0 Å². The van der Waals surface area contributed by atoms with Crippen molar-refractivity contribution in [1.29, 1.82) is 0 Å². The van der Waals surface area contributed by atoms with E-state index in [4.69, 9.17) is 16.6 Å². The van der Waals surface area contributed by atoms with E-state index in [0.717, 1.165) is 33.9 Å². The molecule has 0 saturated carbocycles. The molecule has 3 heterocycles. The highest BCUT2D eigenvalue weighted by atomic mass is 35.5. The van der Waals surface area contributed by atoms with Crippen LogP contribution in [0.2, 0.25) is 5.02 Å². The fourth-order valence-corrected chi connectivity index (χ4v) is 4.41. The van der Waals surface area contributed by atoms with Gasteiger partial charge in [0.2, 0.25) is 11.9 Å². The molecule has 1 saturated heterocycles. The zero-order chi connectivity index (χ0) is 22.2. The fourth-order valence-electron chi connectivity index (χ4n) is 4.24. The molecule has 164 valence electrons. The normalized spacial score (nSPS) is 14.6. The summed E-state index contributed by atoms with van der Waals surface area (Å²) in [6.07, 6.45) is 0.654. The van der Waals surface area contributed by atoms with Crippen LogP contribution in [0.1, 0.15) is 25.2 Å². The number of amides is 1. The molecule has 1 aliphatic heterocycles. The number of halogens is 1. The van der Waals surface area contributed by atoms with E-state index >= 15 is 0 Å². The zero-order valence-electron chi connectivity index (χ0n) is 18.2. The van der Waals surface area contributed by atoms with Crippen LogP contribution in [0.3, 0.4) is 0 Å². The molecule has 32 heavy (non-hydrogen) atoms. The summed E-state index contributed by atoms with van der Waals surface area (Å²) in [5.41, 5.74) is 2.73. The number of carbonyl (C=O) groups excluding carboxylic acids is 1. The van der Waals surface area contributed by atoms with E-state index in [2.05, 4.69) is 31.6 Å². The zero-order valence-corrected chi connectivity index (χ0v) is 19.0. The number of nitrogens with zero attached hydrogens (tertiary/aromatic N) is 6. The Hall–Kier alpha value is -3.19. The monoisotopic (exact) mass is 448 g/mol. The molecule has 0 radical (unpaired) electrons. The number of fused-ring (bicyclic) bond motifs is 3. The molecule has 0 N–H and O–H groups in total. The number of aromatic nitrogens is 4. The van der Waals surface area contributed by atoms with Gasteiger partial charge in [-0.1, -0.05) is 55.8 Å². The molecule has 0 atom stereocenters. The second-order valence-corrected chi connectivity index (χ2v) is 8.91. The van der Waals surface area contributed by atoms with E-state index in [-0.39, 0.29) is 11.8 Å². The third-order valence-electron chi connectivity index (χ3n) is 5.92. The van der Waals surface area contributed by atoms with Crippen LogP contribution in [0.5, 0.6) is 0 Å². The molecular weight excluding hydrogens is 424 g/mol. The molecule has 2 aromatic carbocycles. The van der Waals surface area contributed by atoms with Gasteiger partial charge in [0.15, 0.2) is 5.65 Å². The summed E-state index contributed by atoms with van der Waals surface area (Å²) >= 11 is 6.26. The van der Waals surface area contributed by atoms with Gasteiger partial charge in [0.1, 0.15) is 5.82 Å². The molecule has 7 nitrogen and oxygen atoms in total. The lowest BCUT2D eigenvalue weighted by atomic mass is 10.1. The van der Waals surface area contributed by atoms with Crippen molar-refractivity contribution < 1.29 is 4.79 Å². The van der Waals surface area contributed by atoms with E-state index in [9.17, 15) is 4.79 Å². The molecule has 0 spiro atoms. The smallest absolute Gasteiger partial charge is 0.225 e. The second-order valence-electron chi connectivity index (χ2n) is 8.48. The first-order chi connectivity index (χ1) is 15.5.